The van der Waals surface area contributed by atoms with Gasteiger partial charge in [-0.1, -0.05) is 29.8 Å². The third kappa shape index (κ3) is 5.27. The number of hydrogen-bond acceptors (Lipinski definition) is 6. The van der Waals surface area contributed by atoms with E-state index < -0.39 is 21.6 Å². The molecule has 0 amide bonds. The molecular weight excluding hydrogens is 421 g/mol. The Labute approximate surface area is 171 Å². The summed E-state index contributed by atoms with van der Waals surface area (Å²) in [5.74, 6) is -1.69. The number of rotatable bonds is 7. The van der Waals surface area contributed by atoms with E-state index in [0.29, 0.717) is 10.6 Å². The summed E-state index contributed by atoms with van der Waals surface area (Å²) in [5.41, 5.74) is 0.134. The van der Waals surface area contributed by atoms with Gasteiger partial charge in [-0.15, -0.1) is 0 Å². The van der Waals surface area contributed by atoms with Gasteiger partial charge >= 0.3 is 0 Å². The zero-order chi connectivity index (χ0) is 21.0. The van der Waals surface area contributed by atoms with Crippen molar-refractivity contribution in [3.05, 3.63) is 77.0 Å². The van der Waals surface area contributed by atoms with Gasteiger partial charge in [0.05, 0.1) is 11.4 Å². The molecule has 0 aliphatic carbocycles. The first-order valence-corrected chi connectivity index (χ1v) is 10.3. The molecule has 0 unspecified atom stereocenters. The van der Waals surface area contributed by atoms with Crippen LogP contribution in [0.3, 0.4) is 0 Å². The summed E-state index contributed by atoms with van der Waals surface area (Å²) >= 11 is 5.98. The van der Waals surface area contributed by atoms with E-state index >= 15 is 0 Å². The van der Waals surface area contributed by atoms with Crippen molar-refractivity contribution >= 4 is 33.1 Å². The highest BCUT2D eigenvalue weighted by atomic mass is 35.5. The number of aromatic nitrogens is 2. The molecule has 10 heteroatoms. The molecule has 3 aromatic rings. The minimum atomic E-state index is -3.90. The molecule has 7 nitrogen and oxygen atoms in total. The average Bonchev–Trinajstić information content (AvgIpc) is 2.66. The molecule has 0 spiro atoms. The van der Waals surface area contributed by atoms with Crippen molar-refractivity contribution in [3.63, 3.8) is 0 Å². The largest absolute Gasteiger partial charge is 0.437 e. The maximum atomic E-state index is 14.4. The van der Waals surface area contributed by atoms with Gasteiger partial charge in [-0.3, -0.25) is 9.52 Å². The molecule has 2 aromatic carbocycles. The molecule has 150 valence electrons. The lowest BCUT2D eigenvalue weighted by molar-refractivity contribution is 0.101. The third-order valence-corrected chi connectivity index (χ3v) is 5.31. The van der Waals surface area contributed by atoms with Crippen molar-refractivity contribution in [2.75, 3.05) is 4.72 Å². The fourth-order valence-electron chi connectivity index (χ4n) is 2.42. The quantitative estimate of drug-likeness (QED) is 0.558. The molecule has 1 aromatic heterocycles. The van der Waals surface area contributed by atoms with Gasteiger partial charge in [-0.25, -0.2) is 22.8 Å². The van der Waals surface area contributed by atoms with Crippen molar-refractivity contribution in [3.8, 4) is 11.6 Å². The summed E-state index contributed by atoms with van der Waals surface area (Å²) in [5, 5.41) is 0.298. The van der Waals surface area contributed by atoms with E-state index in [9.17, 15) is 17.6 Å². The molecule has 0 bridgehead atoms. The minimum Gasteiger partial charge on any atom is -0.437 e. The van der Waals surface area contributed by atoms with Crippen LogP contribution < -0.4 is 9.46 Å². The number of ether oxygens (including phenoxy) is 1. The fraction of sp³-hybridized carbons (Fsp3) is 0.105. The standard InChI is InChI=1S/C19H15ClFN3O4S/c1-12(25)18-19(23-9-8-22-18)28-14-6-7-17(16(21)10-14)24-29(26,27)11-13-4-2-3-5-15(13)20/h2-10,24H,11H2,1H3. The molecule has 0 atom stereocenters. The molecular formula is C19H15ClFN3O4S. The number of halogens is 2. The fourth-order valence-corrected chi connectivity index (χ4v) is 3.93. The van der Waals surface area contributed by atoms with Crippen molar-refractivity contribution < 1.29 is 22.3 Å². The number of nitrogens with one attached hydrogen (secondary N) is 1. The molecule has 0 saturated heterocycles. The van der Waals surface area contributed by atoms with Gasteiger partial charge in [0.25, 0.3) is 0 Å². The maximum Gasteiger partial charge on any atom is 0.249 e. The van der Waals surface area contributed by atoms with E-state index in [4.69, 9.17) is 16.3 Å². The number of hydrogen-bond donors (Lipinski definition) is 1. The van der Waals surface area contributed by atoms with Gasteiger partial charge in [0, 0.05) is 30.4 Å². The Morgan fingerprint density at radius 3 is 2.59 bits per heavy atom. The number of Topliss-reactive ketones (excluding diaryl/α,β-unsaturated/α-hetero) is 1. The summed E-state index contributed by atoms with van der Waals surface area (Å²) in [4.78, 5) is 19.4. The van der Waals surface area contributed by atoms with E-state index in [1.165, 1.54) is 31.5 Å². The Kier molecular flexibility index (Phi) is 6.09. The molecule has 29 heavy (non-hydrogen) atoms. The lowest BCUT2D eigenvalue weighted by atomic mass is 10.2. The molecule has 0 radical (unpaired) electrons. The second-order valence-corrected chi connectivity index (χ2v) is 8.09. The number of ketones is 1. The van der Waals surface area contributed by atoms with Crippen molar-refractivity contribution in [2.24, 2.45) is 0 Å². The minimum absolute atomic E-state index is 0.00238. The second-order valence-electron chi connectivity index (χ2n) is 5.96. The highest BCUT2D eigenvalue weighted by Crippen LogP contribution is 2.27. The summed E-state index contributed by atoms with van der Waals surface area (Å²) in [7, 11) is -3.90. The van der Waals surface area contributed by atoms with Crippen molar-refractivity contribution in [2.45, 2.75) is 12.7 Å². The SMILES string of the molecule is CC(=O)c1nccnc1Oc1ccc(NS(=O)(=O)Cc2ccccc2Cl)c(F)c1. The smallest absolute Gasteiger partial charge is 0.249 e. The van der Waals surface area contributed by atoms with Crippen LogP contribution in [0.4, 0.5) is 10.1 Å². The predicted molar refractivity (Wildman–Crippen MR) is 106 cm³/mol. The monoisotopic (exact) mass is 435 g/mol. The highest BCUT2D eigenvalue weighted by Gasteiger charge is 2.17. The number of carbonyl (C=O) groups excluding carboxylic acids is 1. The first-order valence-electron chi connectivity index (χ1n) is 8.28. The van der Waals surface area contributed by atoms with E-state index in [0.717, 1.165) is 6.07 Å². The number of benzene rings is 2. The van der Waals surface area contributed by atoms with E-state index in [2.05, 4.69) is 14.7 Å². The first-order chi connectivity index (χ1) is 13.7. The van der Waals surface area contributed by atoms with E-state index in [1.54, 1.807) is 24.3 Å². The first kappa shape index (κ1) is 20.7. The Hall–Kier alpha value is -3.04. The molecule has 0 aliphatic rings. The molecule has 0 saturated carbocycles. The van der Waals surface area contributed by atoms with Crippen LogP contribution in [0.15, 0.2) is 54.9 Å². The summed E-state index contributed by atoms with van der Waals surface area (Å²) in [6, 6.07) is 10.0. The molecule has 3 rings (SSSR count). The van der Waals surface area contributed by atoms with Crippen LogP contribution in [0.5, 0.6) is 11.6 Å². The van der Waals surface area contributed by atoms with Crippen LogP contribution in [0.25, 0.3) is 0 Å². The van der Waals surface area contributed by atoms with Gasteiger partial charge in [0.15, 0.2) is 17.3 Å². The zero-order valence-electron chi connectivity index (χ0n) is 15.1. The van der Waals surface area contributed by atoms with Gasteiger partial charge < -0.3 is 4.74 Å². The van der Waals surface area contributed by atoms with Gasteiger partial charge in [0.1, 0.15) is 5.75 Å². The van der Waals surface area contributed by atoms with Gasteiger partial charge in [-0.2, -0.15) is 0 Å². The van der Waals surface area contributed by atoms with Crippen LogP contribution in [-0.2, 0) is 15.8 Å². The van der Waals surface area contributed by atoms with E-state index in [1.807, 2.05) is 0 Å². The number of anilines is 1. The Morgan fingerprint density at radius 2 is 1.90 bits per heavy atom. The Balaban J connectivity index is 1.78. The summed E-state index contributed by atoms with van der Waals surface area (Å²) < 4.78 is 46.7. The van der Waals surface area contributed by atoms with Crippen molar-refractivity contribution in [1.82, 2.24) is 9.97 Å². The normalized spacial score (nSPS) is 11.1. The Morgan fingerprint density at radius 1 is 1.17 bits per heavy atom. The lowest BCUT2D eigenvalue weighted by Gasteiger charge is -2.12. The number of sulfonamides is 1. The number of carbonyl (C=O) groups is 1. The van der Waals surface area contributed by atoms with Crippen LogP contribution in [0.1, 0.15) is 23.0 Å². The van der Waals surface area contributed by atoms with Crippen LogP contribution in [0.2, 0.25) is 5.02 Å². The highest BCUT2D eigenvalue weighted by molar-refractivity contribution is 7.91. The molecule has 1 N–H and O–H groups in total. The van der Waals surface area contributed by atoms with Crippen LogP contribution in [-0.4, -0.2) is 24.2 Å². The Bertz CT molecular complexity index is 1170. The predicted octanol–water partition coefficient (Wildman–Crippen LogP) is 4.21. The number of nitrogens with zero attached hydrogens (tertiary/aromatic N) is 2. The molecule has 1 heterocycles. The maximum absolute atomic E-state index is 14.4. The zero-order valence-corrected chi connectivity index (χ0v) is 16.7. The van der Waals surface area contributed by atoms with Crippen molar-refractivity contribution in [1.29, 1.82) is 0 Å². The van der Waals surface area contributed by atoms with Gasteiger partial charge in [0.2, 0.25) is 15.9 Å². The van der Waals surface area contributed by atoms with Crippen LogP contribution >= 0.6 is 11.6 Å². The van der Waals surface area contributed by atoms with Crippen LogP contribution in [0, 0.1) is 5.82 Å². The topological polar surface area (TPSA) is 98.2 Å². The third-order valence-electron chi connectivity index (χ3n) is 3.72. The van der Waals surface area contributed by atoms with Gasteiger partial charge in [-0.05, 0) is 23.8 Å². The lowest BCUT2D eigenvalue weighted by Crippen LogP contribution is -2.16. The summed E-state index contributed by atoms with van der Waals surface area (Å²) in [6.45, 7) is 1.30. The molecule has 0 aliphatic heterocycles. The second kappa shape index (κ2) is 8.54. The average molecular weight is 436 g/mol. The molecule has 0 fully saturated rings. The van der Waals surface area contributed by atoms with E-state index in [-0.39, 0.29) is 28.8 Å². The summed E-state index contributed by atoms with van der Waals surface area (Å²) in [6.07, 6.45) is 2.66.